The number of hydrogen-bond donors (Lipinski definition) is 2. The maximum Gasteiger partial charge on any atom is 0.0462 e. The van der Waals surface area contributed by atoms with Gasteiger partial charge in [0.1, 0.15) is 0 Å². The third-order valence-electron chi connectivity index (χ3n) is 3.08. The molecule has 3 nitrogen and oxygen atoms in total. The lowest BCUT2D eigenvalue weighted by molar-refractivity contribution is 0.182. The van der Waals surface area contributed by atoms with E-state index in [0.717, 1.165) is 31.3 Å². The third kappa shape index (κ3) is 3.63. The van der Waals surface area contributed by atoms with Gasteiger partial charge in [-0.1, -0.05) is 6.92 Å². The Balaban J connectivity index is 2.16. The van der Waals surface area contributed by atoms with E-state index in [1.807, 2.05) is 0 Å². The van der Waals surface area contributed by atoms with Gasteiger partial charge in [-0.2, -0.15) is 0 Å². The number of hydrogen-bond acceptors (Lipinski definition) is 3. The fourth-order valence-corrected chi connectivity index (χ4v) is 1.90. The van der Waals surface area contributed by atoms with Gasteiger partial charge in [0.2, 0.25) is 0 Å². The van der Waals surface area contributed by atoms with Crippen LogP contribution in [0.25, 0.3) is 0 Å². The Labute approximate surface area is 81.0 Å². The molecule has 1 aliphatic rings. The van der Waals surface area contributed by atoms with E-state index in [0.29, 0.717) is 6.04 Å². The average molecular weight is 186 g/mol. The van der Waals surface area contributed by atoms with Gasteiger partial charge in [0.25, 0.3) is 0 Å². The highest BCUT2D eigenvalue weighted by Crippen LogP contribution is 2.38. The van der Waals surface area contributed by atoms with Gasteiger partial charge < -0.3 is 4.74 Å². The zero-order chi connectivity index (χ0) is 9.68. The van der Waals surface area contributed by atoms with Crippen molar-refractivity contribution in [2.75, 3.05) is 13.7 Å². The summed E-state index contributed by atoms with van der Waals surface area (Å²) in [5, 5.41) is 0. The molecule has 0 spiro atoms. The van der Waals surface area contributed by atoms with Crippen LogP contribution in [-0.2, 0) is 4.74 Å². The van der Waals surface area contributed by atoms with Crippen molar-refractivity contribution in [2.24, 2.45) is 17.7 Å². The molecule has 1 rings (SSSR count). The predicted octanol–water partition coefficient (Wildman–Crippen LogP) is 1.29. The highest BCUT2D eigenvalue weighted by atomic mass is 16.5. The summed E-state index contributed by atoms with van der Waals surface area (Å²) in [6, 6.07) is 0.475. The molecule has 0 radical (unpaired) electrons. The van der Waals surface area contributed by atoms with Crippen molar-refractivity contribution in [3.8, 4) is 0 Å². The van der Waals surface area contributed by atoms with Crippen LogP contribution in [0.1, 0.15) is 32.6 Å². The summed E-state index contributed by atoms with van der Waals surface area (Å²) in [6.07, 6.45) is 5.01. The molecule has 0 aromatic carbocycles. The summed E-state index contributed by atoms with van der Waals surface area (Å²) in [5.41, 5.74) is 2.93. The molecule has 0 aliphatic heterocycles. The van der Waals surface area contributed by atoms with Crippen molar-refractivity contribution in [2.45, 2.75) is 38.6 Å². The number of ether oxygens (including phenoxy) is 1. The van der Waals surface area contributed by atoms with E-state index >= 15 is 0 Å². The van der Waals surface area contributed by atoms with E-state index < -0.39 is 0 Å². The lowest BCUT2D eigenvalue weighted by Crippen LogP contribution is -2.40. The van der Waals surface area contributed by atoms with Gasteiger partial charge in [-0.25, -0.2) is 0 Å². The van der Waals surface area contributed by atoms with Crippen LogP contribution in [0.2, 0.25) is 0 Å². The highest BCUT2D eigenvalue weighted by molar-refractivity contribution is 4.85. The van der Waals surface area contributed by atoms with Crippen LogP contribution in [0, 0.1) is 11.8 Å². The third-order valence-corrected chi connectivity index (χ3v) is 3.08. The summed E-state index contributed by atoms with van der Waals surface area (Å²) >= 11 is 0. The van der Waals surface area contributed by atoms with Crippen molar-refractivity contribution in [1.82, 2.24) is 5.43 Å². The maximum atomic E-state index is 5.53. The van der Waals surface area contributed by atoms with Gasteiger partial charge in [0.05, 0.1) is 0 Å². The zero-order valence-corrected chi connectivity index (χ0v) is 8.75. The van der Waals surface area contributed by atoms with Crippen LogP contribution in [0.3, 0.4) is 0 Å². The maximum absolute atomic E-state index is 5.53. The second kappa shape index (κ2) is 5.58. The van der Waals surface area contributed by atoms with Crippen LogP contribution >= 0.6 is 0 Å². The topological polar surface area (TPSA) is 47.3 Å². The molecule has 0 amide bonds. The Hall–Kier alpha value is -0.120. The molecule has 0 aromatic rings. The fraction of sp³-hybridized carbons (Fsp3) is 1.00. The quantitative estimate of drug-likeness (QED) is 0.358. The highest BCUT2D eigenvalue weighted by Gasteiger charge is 2.32. The Kier molecular flexibility index (Phi) is 4.70. The molecule has 1 aliphatic carbocycles. The molecule has 13 heavy (non-hydrogen) atoms. The number of rotatable bonds is 7. The van der Waals surface area contributed by atoms with E-state index in [1.54, 1.807) is 7.11 Å². The molecule has 0 bridgehead atoms. The Morgan fingerprint density at radius 1 is 1.54 bits per heavy atom. The van der Waals surface area contributed by atoms with Gasteiger partial charge in [-0.3, -0.25) is 11.3 Å². The monoisotopic (exact) mass is 186 g/mol. The summed E-state index contributed by atoms with van der Waals surface area (Å²) in [5.74, 6) is 7.17. The summed E-state index contributed by atoms with van der Waals surface area (Å²) in [7, 11) is 1.75. The van der Waals surface area contributed by atoms with Crippen LogP contribution in [0.15, 0.2) is 0 Å². The van der Waals surface area contributed by atoms with E-state index in [4.69, 9.17) is 10.6 Å². The SMILES string of the molecule is COCCCC(NN)C(C)C1CC1. The van der Waals surface area contributed by atoms with Crippen molar-refractivity contribution in [1.29, 1.82) is 0 Å². The van der Waals surface area contributed by atoms with Crippen LogP contribution in [0.4, 0.5) is 0 Å². The van der Waals surface area contributed by atoms with Gasteiger partial charge in [0, 0.05) is 19.8 Å². The Bertz CT molecular complexity index is 137. The molecule has 3 heteroatoms. The smallest absolute Gasteiger partial charge is 0.0462 e. The average Bonchev–Trinajstić information content (AvgIpc) is 2.94. The zero-order valence-electron chi connectivity index (χ0n) is 8.75. The van der Waals surface area contributed by atoms with Gasteiger partial charge in [0.15, 0.2) is 0 Å². The largest absolute Gasteiger partial charge is 0.385 e. The molecule has 1 saturated carbocycles. The predicted molar refractivity (Wildman–Crippen MR) is 54.1 cm³/mol. The fourth-order valence-electron chi connectivity index (χ4n) is 1.90. The first-order valence-corrected chi connectivity index (χ1v) is 5.24. The molecule has 2 unspecified atom stereocenters. The van der Waals surface area contributed by atoms with Gasteiger partial charge >= 0.3 is 0 Å². The summed E-state index contributed by atoms with van der Waals surface area (Å²) in [6.45, 7) is 3.14. The lowest BCUT2D eigenvalue weighted by atomic mass is 9.94. The van der Waals surface area contributed by atoms with Crippen LogP contribution < -0.4 is 11.3 Å². The van der Waals surface area contributed by atoms with Gasteiger partial charge in [-0.15, -0.1) is 0 Å². The molecule has 2 atom stereocenters. The minimum absolute atomic E-state index is 0.475. The first kappa shape index (κ1) is 11.0. The van der Waals surface area contributed by atoms with E-state index in [-0.39, 0.29) is 0 Å². The van der Waals surface area contributed by atoms with Gasteiger partial charge in [-0.05, 0) is 37.5 Å². The van der Waals surface area contributed by atoms with Crippen molar-refractivity contribution in [3.63, 3.8) is 0 Å². The molecule has 0 aromatic heterocycles. The molecular weight excluding hydrogens is 164 g/mol. The van der Waals surface area contributed by atoms with Crippen molar-refractivity contribution in [3.05, 3.63) is 0 Å². The van der Waals surface area contributed by atoms with Crippen molar-refractivity contribution < 1.29 is 4.74 Å². The minimum atomic E-state index is 0.475. The van der Waals surface area contributed by atoms with Crippen molar-refractivity contribution >= 4 is 0 Å². The van der Waals surface area contributed by atoms with E-state index in [9.17, 15) is 0 Å². The molecule has 0 saturated heterocycles. The molecular formula is C10H22N2O. The minimum Gasteiger partial charge on any atom is -0.385 e. The Morgan fingerprint density at radius 2 is 2.23 bits per heavy atom. The molecule has 1 fully saturated rings. The normalized spacial score (nSPS) is 21.5. The lowest BCUT2D eigenvalue weighted by Gasteiger charge is -2.22. The Morgan fingerprint density at radius 3 is 2.69 bits per heavy atom. The second-order valence-electron chi connectivity index (χ2n) is 4.10. The van der Waals surface area contributed by atoms with E-state index in [1.165, 1.54) is 12.8 Å². The molecule has 0 heterocycles. The number of hydrazine groups is 1. The standard InChI is InChI=1S/C10H22N2O/c1-8(9-5-6-9)10(12-11)4-3-7-13-2/h8-10,12H,3-7,11H2,1-2H3. The number of nitrogens with one attached hydrogen (secondary N) is 1. The molecule has 3 N–H and O–H groups in total. The summed E-state index contributed by atoms with van der Waals surface area (Å²) in [4.78, 5) is 0. The van der Waals surface area contributed by atoms with Crippen LogP contribution in [-0.4, -0.2) is 19.8 Å². The molecule has 78 valence electrons. The number of nitrogens with two attached hydrogens (primary N) is 1. The summed E-state index contributed by atoms with van der Waals surface area (Å²) < 4.78 is 5.02. The first-order chi connectivity index (χ1) is 6.29. The second-order valence-corrected chi connectivity index (χ2v) is 4.10. The van der Waals surface area contributed by atoms with Crippen LogP contribution in [0.5, 0.6) is 0 Å². The number of methoxy groups -OCH3 is 1. The van der Waals surface area contributed by atoms with E-state index in [2.05, 4.69) is 12.3 Å². The first-order valence-electron chi connectivity index (χ1n) is 5.24.